The van der Waals surface area contributed by atoms with Crippen LogP contribution in [0.1, 0.15) is 68.6 Å². The summed E-state index contributed by atoms with van der Waals surface area (Å²) in [5.74, 6) is 0.403. The quantitative estimate of drug-likeness (QED) is 0.248. The maximum atomic E-state index is 2.66. The minimum atomic E-state index is 0.208. The first-order valence-electron chi connectivity index (χ1n) is 18.8. The van der Waals surface area contributed by atoms with Gasteiger partial charge in [0, 0.05) is 35.5 Å². The molecule has 3 aromatic carbocycles. The van der Waals surface area contributed by atoms with Gasteiger partial charge in [0.05, 0.1) is 12.1 Å². The van der Waals surface area contributed by atoms with E-state index in [0.29, 0.717) is 5.92 Å². The Kier molecular flexibility index (Phi) is 9.58. The van der Waals surface area contributed by atoms with Crippen LogP contribution in [0.3, 0.4) is 0 Å². The second-order valence-corrected chi connectivity index (χ2v) is 14.4. The third-order valence-corrected chi connectivity index (χ3v) is 11.1. The van der Waals surface area contributed by atoms with Gasteiger partial charge in [-0.25, -0.2) is 0 Å². The Morgan fingerprint density at radius 3 is 2.22 bits per heavy atom. The van der Waals surface area contributed by atoms with Gasteiger partial charge in [-0.2, -0.15) is 0 Å². The molecule has 1 aliphatic heterocycles. The molecule has 0 spiro atoms. The van der Waals surface area contributed by atoms with Crippen LogP contribution in [0.25, 0.3) is 11.1 Å². The lowest BCUT2D eigenvalue weighted by Crippen LogP contribution is -2.46. The van der Waals surface area contributed by atoms with E-state index in [2.05, 4.69) is 194 Å². The zero-order chi connectivity index (χ0) is 34.6. The van der Waals surface area contributed by atoms with Crippen LogP contribution in [-0.2, 0) is 0 Å². The summed E-state index contributed by atoms with van der Waals surface area (Å²) in [5, 5.41) is 0. The van der Waals surface area contributed by atoms with Gasteiger partial charge >= 0.3 is 0 Å². The normalized spacial score (nSPS) is 25.9. The summed E-state index contributed by atoms with van der Waals surface area (Å²) in [6.45, 7) is 4.62. The monoisotopic (exact) mass is 664 g/mol. The van der Waals surface area contributed by atoms with E-state index in [0.717, 1.165) is 32.1 Å². The maximum absolute atomic E-state index is 2.66. The Morgan fingerprint density at radius 1 is 0.706 bits per heavy atom. The molecule has 2 nitrogen and oxygen atoms in total. The predicted octanol–water partition coefficient (Wildman–Crippen LogP) is 12.1. The molecule has 4 aliphatic carbocycles. The second kappa shape index (κ2) is 14.9. The Balaban J connectivity index is 1.14. The van der Waals surface area contributed by atoms with Gasteiger partial charge in [-0.15, -0.1) is 0 Å². The van der Waals surface area contributed by atoms with Crippen molar-refractivity contribution >= 4 is 16.8 Å². The molecule has 51 heavy (non-hydrogen) atoms. The Labute approximate surface area is 304 Å². The van der Waals surface area contributed by atoms with Gasteiger partial charge < -0.3 is 9.80 Å². The van der Waals surface area contributed by atoms with Crippen molar-refractivity contribution < 1.29 is 0 Å². The van der Waals surface area contributed by atoms with Gasteiger partial charge in [-0.3, -0.25) is 0 Å². The molecule has 4 atom stereocenters. The SMILES string of the molecule is C/C1=C\C=C/C(C)N(c2ccc(C3=CC=CCC3)cc2)C2CC(N(C3=CCC(c4ccccc4)C=C3)C3C=CC(c4ccccc4)=CC3)=CC=C12. The number of anilines is 1. The van der Waals surface area contributed by atoms with Crippen LogP contribution in [0.15, 0.2) is 193 Å². The molecule has 0 fully saturated rings. The third-order valence-electron chi connectivity index (χ3n) is 11.1. The van der Waals surface area contributed by atoms with Crippen LogP contribution in [0.4, 0.5) is 5.69 Å². The van der Waals surface area contributed by atoms with Crippen molar-refractivity contribution in [3.8, 4) is 0 Å². The van der Waals surface area contributed by atoms with E-state index >= 15 is 0 Å². The molecule has 254 valence electrons. The van der Waals surface area contributed by atoms with E-state index in [-0.39, 0.29) is 18.1 Å². The highest BCUT2D eigenvalue weighted by Crippen LogP contribution is 2.40. The standard InChI is InChI=1S/C49H48N2/c1-36-13-12-14-37(2)50(44-27-21-41(22-28-44)38-15-6-3-7-16-38)49-35-47(33-34-48(36)49)51(45-29-23-42(24-30-45)39-17-8-4-9-18-39)46-31-25-43(26-32-46)40-19-10-5-11-20-40/h3-6,8-15,17-25,27-29,31-34,37,43,45,49H,7,16,26,30,35H2,1-2H3/b14-12-,36-13+. The van der Waals surface area contributed by atoms with E-state index < -0.39 is 0 Å². The minimum absolute atomic E-state index is 0.208. The number of benzene rings is 3. The van der Waals surface area contributed by atoms with Gasteiger partial charge in [0.15, 0.2) is 0 Å². The van der Waals surface area contributed by atoms with Crippen molar-refractivity contribution in [2.75, 3.05) is 4.90 Å². The van der Waals surface area contributed by atoms with Crippen LogP contribution in [0.5, 0.6) is 0 Å². The number of rotatable bonds is 7. The summed E-state index contributed by atoms with van der Waals surface area (Å²) in [6.07, 6.45) is 38.0. The zero-order valence-corrected chi connectivity index (χ0v) is 29.9. The molecule has 0 radical (unpaired) electrons. The lowest BCUT2D eigenvalue weighted by Gasteiger charge is -2.45. The van der Waals surface area contributed by atoms with Gasteiger partial charge in [0.2, 0.25) is 0 Å². The molecule has 5 aliphatic rings. The van der Waals surface area contributed by atoms with Gasteiger partial charge in [0.1, 0.15) is 0 Å². The van der Waals surface area contributed by atoms with Crippen LogP contribution in [-0.4, -0.2) is 23.0 Å². The first kappa shape index (κ1) is 32.8. The Morgan fingerprint density at radius 2 is 1.51 bits per heavy atom. The first-order chi connectivity index (χ1) is 25.1. The van der Waals surface area contributed by atoms with E-state index in [4.69, 9.17) is 0 Å². The molecule has 0 bridgehead atoms. The number of fused-ring (bicyclic) bond motifs is 1. The summed E-state index contributed by atoms with van der Waals surface area (Å²) in [7, 11) is 0. The molecular formula is C49H48N2. The van der Waals surface area contributed by atoms with Crippen LogP contribution >= 0.6 is 0 Å². The van der Waals surface area contributed by atoms with E-state index in [1.807, 2.05) is 0 Å². The Hall–Kier alpha value is -5.34. The molecule has 3 aromatic rings. The largest absolute Gasteiger partial charge is 0.358 e. The molecule has 2 heteroatoms. The van der Waals surface area contributed by atoms with Crippen LogP contribution in [0, 0.1) is 0 Å². The van der Waals surface area contributed by atoms with Crippen molar-refractivity contribution in [1.29, 1.82) is 0 Å². The molecule has 0 saturated heterocycles. The summed E-state index contributed by atoms with van der Waals surface area (Å²) in [4.78, 5) is 5.30. The molecular weight excluding hydrogens is 617 g/mol. The average molecular weight is 665 g/mol. The van der Waals surface area contributed by atoms with E-state index in [9.17, 15) is 0 Å². The minimum Gasteiger partial charge on any atom is -0.358 e. The Bertz CT molecular complexity index is 2040. The van der Waals surface area contributed by atoms with Crippen molar-refractivity contribution in [2.45, 2.75) is 70.0 Å². The lowest BCUT2D eigenvalue weighted by molar-refractivity contribution is 0.347. The number of hydrogen-bond donors (Lipinski definition) is 0. The van der Waals surface area contributed by atoms with Gasteiger partial charge in [-0.05, 0) is 103 Å². The highest BCUT2D eigenvalue weighted by atomic mass is 15.2. The summed E-state index contributed by atoms with van der Waals surface area (Å²) >= 11 is 0. The smallest absolute Gasteiger partial charge is 0.0605 e. The molecule has 4 unspecified atom stereocenters. The van der Waals surface area contributed by atoms with Crippen molar-refractivity contribution in [2.24, 2.45) is 0 Å². The molecule has 8 rings (SSSR count). The number of nitrogens with zero attached hydrogens (tertiary/aromatic N) is 2. The molecule has 0 amide bonds. The van der Waals surface area contributed by atoms with Crippen molar-refractivity contribution in [3.63, 3.8) is 0 Å². The first-order valence-corrected chi connectivity index (χ1v) is 18.8. The summed E-state index contributed by atoms with van der Waals surface area (Å²) < 4.78 is 0. The second-order valence-electron chi connectivity index (χ2n) is 14.4. The fourth-order valence-corrected chi connectivity index (χ4v) is 8.38. The highest BCUT2D eigenvalue weighted by Gasteiger charge is 2.34. The molecule has 0 aromatic heterocycles. The van der Waals surface area contributed by atoms with Crippen molar-refractivity contribution in [3.05, 3.63) is 209 Å². The fraction of sp³-hybridized carbons (Fsp3) is 0.224. The maximum Gasteiger partial charge on any atom is 0.0605 e. The van der Waals surface area contributed by atoms with Crippen LogP contribution in [0.2, 0.25) is 0 Å². The van der Waals surface area contributed by atoms with Crippen molar-refractivity contribution in [1.82, 2.24) is 4.90 Å². The third kappa shape index (κ3) is 7.01. The predicted molar refractivity (Wildman–Crippen MR) is 217 cm³/mol. The topological polar surface area (TPSA) is 6.48 Å². The van der Waals surface area contributed by atoms with E-state index in [1.165, 1.54) is 56.1 Å². The molecule has 0 saturated carbocycles. The summed E-state index contributed by atoms with van der Waals surface area (Å²) in [6, 6.07) is 31.7. The number of hydrogen-bond acceptors (Lipinski definition) is 2. The summed E-state index contributed by atoms with van der Waals surface area (Å²) in [5.41, 5.74) is 13.4. The zero-order valence-electron chi connectivity index (χ0n) is 29.9. The van der Waals surface area contributed by atoms with Gasteiger partial charge in [-0.1, -0.05) is 146 Å². The fourth-order valence-electron chi connectivity index (χ4n) is 8.38. The van der Waals surface area contributed by atoms with Gasteiger partial charge in [0.25, 0.3) is 0 Å². The lowest BCUT2D eigenvalue weighted by atomic mass is 9.85. The molecule has 0 N–H and O–H groups in total. The van der Waals surface area contributed by atoms with Crippen LogP contribution < -0.4 is 4.90 Å². The average Bonchev–Trinajstić information content (AvgIpc) is 3.19. The molecule has 1 heterocycles. The number of allylic oxidation sites excluding steroid dienone is 13. The van der Waals surface area contributed by atoms with E-state index in [1.54, 1.807) is 0 Å². The highest BCUT2D eigenvalue weighted by molar-refractivity contribution is 5.75.